The Morgan fingerprint density at radius 2 is 1.92 bits per heavy atom. The summed E-state index contributed by atoms with van der Waals surface area (Å²) in [6.45, 7) is 9.68. The molecule has 0 aliphatic carbocycles. The van der Waals surface area contributed by atoms with E-state index in [0.29, 0.717) is 17.7 Å². The molecule has 0 heterocycles. The van der Waals surface area contributed by atoms with E-state index in [9.17, 15) is 10.2 Å². The number of benzene rings is 2. The van der Waals surface area contributed by atoms with Gasteiger partial charge in [0.2, 0.25) is 0 Å². The number of aromatic hydroxyl groups is 2. The Balaban J connectivity index is 2.47. The first-order valence-electron chi connectivity index (χ1n) is 8.25. The van der Waals surface area contributed by atoms with Crippen LogP contribution < -0.4 is 4.74 Å². The summed E-state index contributed by atoms with van der Waals surface area (Å²) in [6.07, 6.45) is 4.09. The van der Waals surface area contributed by atoms with Crippen LogP contribution in [-0.2, 0) is 6.42 Å². The van der Waals surface area contributed by atoms with E-state index in [0.717, 1.165) is 22.4 Å². The molecule has 0 saturated heterocycles. The lowest BCUT2D eigenvalue weighted by Crippen LogP contribution is -1.93. The molecule has 0 aromatic heterocycles. The van der Waals surface area contributed by atoms with Gasteiger partial charge in [0.25, 0.3) is 0 Å². The number of ether oxygens (including phenoxy) is 1. The largest absolute Gasteiger partial charge is 0.508 e. The minimum atomic E-state index is 0.0552. The van der Waals surface area contributed by atoms with E-state index in [1.54, 1.807) is 24.4 Å². The molecule has 25 heavy (non-hydrogen) atoms. The third-order valence-corrected chi connectivity index (χ3v) is 4.07. The van der Waals surface area contributed by atoms with E-state index in [4.69, 9.17) is 4.74 Å². The lowest BCUT2D eigenvalue weighted by molar-refractivity contribution is 0.372. The van der Waals surface area contributed by atoms with Gasteiger partial charge in [-0.3, -0.25) is 4.99 Å². The summed E-state index contributed by atoms with van der Waals surface area (Å²) in [5, 5.41) is 20.4. The standard InChI is InChI=1S/C21H25NO3/c1-6-7-15-9-16(21(24)20(10-15)25-5)12-22-18-11-17(13(2)3)19(23)8-14(18)4/h6,8-13,23-24H,1,7H2,2-5H3. The SMILES string of the molecule is C=CCc1cc(C=Nc2cc(C(C)C)c(O)cc2C)c(O)c(OC)c1. The fourth-order valence-electron chi connectivity index (χ4n) is 2.67. The molecule has 2 rings (SSSR count). The van der Waals surface area contributed by atoms with Crippen molar-refractivity contribution in [3.63, 3.8) is 0 Å². The first-order chi connectivity index (χ1) is 11.9. The number of aliphatic imine (C=N–C) groups is 1. The molecule has 0 fully saturated rings. The van der Waals surface area contributed by atoms with Gasteiger partial charge < -0.3 is 14.9 Å². The van der Waals surface area contributed by atoms with Gasteiger partial charge in [0.05, 0.1) is 12.8 Å². The number of rotatable bonds is 6. The van der Waals surface area contributed by atoms with Crippen molar-refractivity contribution >= 4 is 11.9 Å². The minimum absolute atomic E-state index is 0.0552. The number of phenols is 2. The lowest BCUT2D eigenvalue weighted by Gasteiger charge is -2.12. The molecule has 0 atom stereocenters. The van der Waals surface area contributed by atoms with Crippen LogP contribution >= 0.6 is 0 Å². The summed E-state index contributed by atoms with van der Waals surface area (Å²) in [6, 6.07) is 7.25. The van der Waals surface area contributed by atoms with Crippen LogP contribution in [0.15, 0.2) is 41.9 Å². The molecule has 0 spiro atoms. The lowest BCUT2D eigenvalue weighted by atomic mass is 9.99. The fourth-order valence-corrected chi connectivity index (χ4v) is 2.67. The van der Waals surface area contributed by atoms with Gasteiger partial charge in [-0.2, -0.15) is 0 Å². The van der Waals surface area contributed by atoms with Gasteiger partial charge in [-0.15, -0.1) is 6.58 Å². The van der Waals surface area contributed by atoms with Crippen molar-refractivity contribution in [1.29, 1.82) is 0 Å². The number of aryl methyl sites for hydroxylation is 1. The Bertz CT molecular complexity index is 807. The first-order valence-corrected chi connectivity index (χ1v) is 8.25. The first kappa shape index (κ1) is 18.6. The molecule has 2 aromatic carbocycles. The summed E-state index contributed by atoms with van der Waals surface area (Å²) >= 11 is 0. The van der Waals surface area contributed by atoms with Crippen molar-refractivity contribution in [2.45, 2.75) is 33.1 Å². The van der Waals surface area contributed by atoms with E-state index >= 15 is 0 Å². The van der Waals surface area contributed by atoms with Crippen LogP contribution in [0.2, 0.25) is 0 Å². The molecular formula is C21H25NO3. The third-order valence-electron chi connectivity index (χ3n) is 4.07. The molecular weight excluding hydrogens is 314 g/mol. The van der Waals surface area contributed by atoms with Crippen LogP contribution in [0.5, 0.6) is 17.2 Å². The van der Waals surface area contributed by atoms with Gasteiger partial charge in [-0.1, -0.05) is 19.9 Å². The minimum Gasteiger partial charge on any atom is -0.508 e. The van der Waals surface area contributed by atoms with Gasteiger partial charge in [-0.25, -0.2) is 0 Å². The van der Waals surface area contributed by atoms with Crippen LogP contribution in [0.3, 0.4) is 0 Å². The predicted octanol–water partition coefficient (Wildman–Crippen LogP) is 5.02. The summed E-state index contributed by atoms with van der Waals surface area (Å²) in [4.78, 5) is 4.52. The molecule has 2 N–H and O–H groups in total. The van der Waals surface area contributed by atoms with Gasteiger partial charge in [-0.05, 0) is 60.2 Å². The third kappa shape index (κ3) is 4.21. The Morgan fingerprint density at radius 3 is 2.52 bits per heavy atom. The van der Waals surface area contributed by atoms with Gasteiger partial charge in [0, 0.05) is 11.8 Å². The van der Waals surface area contributed by atoms with Crippen LogP contribution in [0.4, 0.5) is 5.69 Å². The van der Waals surface area contributed by atoms with Crippen molar-refractivity contribution in [1.82, 2.24) is 0 Å². The Hall–Kier alpha value is -2.75. The maximum Gasteiger partial charge on any atom is 0.166 e. The molecule has 2 aromatic rings. The van der Waals surface area contributed by atoms with Crippen molar-refractivity contribution in [2.75, 3.05) is 7.11 Å². The van der Waals surface area contributed by atoms with Crippen LogP contribution in [0.1, 0.15) is 42.0 Å². The summed E-state index contributed by atoms with van der Waals surface area (Å²) < 4.78 is 5.24. The molecule has 4 nitrogen and oxygen atoms in total. The Morgan fingerprint density at radius 1 is 1.20 bits per heavy atom. The second-order valence-corrected chi connectivity index (χ2v) is 6.34. The predicted molar refractivity (Wildman–Crippen MR) is 103 cm³/mol. The van der Waals surface area contributed by atoms with Gasteiger partial charge >= 0.3 is 0 Å². The second-order valence-electron chi connectivity index (χ2n) is 6.34. The van der Waals surface area contributed by atoms with Gasteiger partial charge in [0.15, 0.2) is 11.5 Å². The smallest absolute Gasteiger partial charge is 0.166 e. The highest BCUT2D eigenvalue weighted by atomic mass is 16.5. The van der Waals surface area contributed by atoms with E-state index in [2.05, 4.69) is 11.6 Å². The van der Waals surface area contributed by atoms with Crippen LogP contribution in [0, 0.1) is 6.92 Å². The quantitative estimate of drug-likeness (QED) is 0.574. The highest BCUT2D eigenvalue weighted by Gasteiger charge is 2.11. The van der Waals surface area contributed by atoms with Gasteiger partial charge in [0.1, 0.15) is 5.75 Å². The average Bonchev–Trinajstić information content (AvgIpc) is 2.56. The zero-order valence-electron chi connectivity index (χ0n) is 15.2. The van der Waals surface area contributed by atoms with Crippen molar-refractivity contribution in [3.05, 3.63) is 59.2 Å². The fraction of sp³-hybridized carbons (Fsp3) is 0.286. The highest BCUT2D eigenvalue weighted by molar-refractivity contribution is 5.87. The number of allylic oxidation sites excluding steroid dienone is 1. The Labute approximate surface area is 149 Å². The molecule has 0 aliphatic rings. The summed E-state index contributed by atoms with van der Waals surface area (Å²) in [7, 11) is 1.52. The van der Waals surface area contributed by atoms with E-state index in [-0.39, 0.29) is 17.4 Å². The molecule has 4 heteroatoms. The number of hydrogen-bond acceptors (Lipinski definition) is 4. The maximum absolute atomic E-state index is 10.3. The maximum atomic E-state index is 10.3. The molecule has 0 bridgehead atoms. The molecule has 0 unspecified atom stereocenters. The molecule has 132 valence electrons. The zero-order chi connectivity index (χ0) is 18.6. The number of methoxy groups -OCH3 is 1. The van der Waals surface area contributed by atoms with Crippen LogP contribution in [-0.4, -0.2) is 23.5 Å². The monoisotopic (exact) mass is 339 g/mol. The molecule has 0 saturated carbocycles. The van der Waals surface area contributed by atoms with Crippen molar-refractivity contribution in [2.24, 2.45) is 4.99 Å². The molecule has 0 radical (unpaired) electrons. The van der Waals surface area contributed by atoms with Crippen LogP contribution in [0.25, 0.3) is 0 Å². The zero-order valence-corrected chi connectivity index (χ0v) is 15.2. The molecule has 0 amide bonds. The average molecular weight is 339 g/mol. The summed E-state index contributed by atoms with van der Waals surface area (Å²) in [5.41, 5.74) is 4.03. The summed E-state index contributed by atoms with van der Waals surface area (Å²) in [5.74, 6) is 0.939. The Kier molecular flexibility index (Phi) is 5.86. The van der Waals surface area contributed by atoms with Crippen molar-refractivity contribution in [3.8, 4) is 17.2 Å². The second kappa shape index (κ2) is 7.88. The number of phenolic OH excluding ortho intramolecular Hbond substituents is 2. The topological polar surface area (TPSA) is 62.1 Å². The molecule has 0 aliphatic heterocycles. The number of hydrogen-bond donors (Lipinski definition) is 2. The highest BCUT2D eigenvalue weighted by Crippen LogP contribution is 2.34. The normalized spacial score (nSPS) is 11.2. The number of nitrogens with zero attached hydrogens (tertiary/aromatic N) is 1. The van der Waals surface area contributed by atoms with Crippen molar-refractivity contribution < 1.29 is 14.9 Å². The van der Waals surface area contributed by atoms with E-state index in [1.165, 1.54) is 7.11 Å². The van der Waals surface area contributed by atoms with E-state index < -0.39 is 0 Å². The van der Waals surface area contributed by atoms with E-state index in [1.807, 2.05) is 32.9 Å².